The minimum absolute atomic E-state index is 0.158. The van der Waals surface area contributed by atoms with Gasteiger partial charge in [0, 0.05) is 25.7 Å². The molecule has 0 aromatic rings. The van der Waals surface area contributed by atoms with Crippen molar-refractivity contribution >= 4 is 35.1 Å². The van der Waals surface area contributed by atoms with Crippen molar-refractivity contribution in [2.45, 2.75) is 437 Å². The maximum absolute atomic E-state index is 12.3. The number of aliphatic hydroxyl groups excluding tert-OH is 6. The number of carbonyl (C=O) groups excluding carboxylic acids is 4. The van der Waals surface area contributed by atoms with Crippen LogP contribution in [0, 0.1) is 0 Å². The minimum atomic E-state index is -1.75. The molecule has 14 heteroatoms. The van der Waals surface area contributed by atoms with Gasteiger partial charge in [0.15, 0.2) is 23.1 Å². The van der Waals surface area contributed by atoms with Gasteiger partial charge in [-0.2, -0.15) is 0 Å². The van der Waals surface area contributed by atoms with E-state index in [0.717, 1.165) is 128 Å². The van der Waals surface area contributed by atoms with Gasteiger partial charge in [-0.3, -0.25) is 28.8 Å². The van der Waals surface area contributed by atoms with Crippen molar-refractivity contribution in [3.05, 3.63) is 48.6 Å². The third-order valence-corrected chi connectivity index (χ3v) is 17.9. The molecule has 14 nitrogen and oxygen atoms in total. The van der Waals surface area contributed by atoms with Gasteiger partial charge in [-0.05, 0) is 128 Å². The van der Waals surface area contributed by atoms with E-state index < -0.39 is 71.7 Å². The maximum atomic E-state index is 12.3. The number of aliphatic carboxylic acids is 2. The van der Waals surface area contributed by atoms with Crippen molar-refractivity contribution < 1.29 is 69.6 Å². The van der Waals surface area contributed by atoms with Crippen LogP contribution in [-0.4, -0.2) is 113 Å². The third kappa shape index (κ3) is 70.2. The normalized spacial score (nSPS) is 13.6. The smallest absolute Gasteiger partial charge is 0.303 e. The first-order valence-corrected chi connectivity index (χ1v) is 39.8. The highest BCUT2D eigenvalue weighted by molar-refractivity contribution is 5.88. The molecule has 0 aliphatic rings. The van der Waals surface area contributed by atoms with E-state index in [1.54, 1.807) is 0 Å². The zero-order chi connectivity index (χ0) is 71.6. The van der Waals surface area contributed by atoms with E-state index in [2.05, 4.69) is 76.3 Å². The first-order valence-electron chi connectivity index (χ1n) is 39.8. The van der Waals surface area contributed by atoms with E-state index in [1.165, 1.54) is 180 Å². The summed E-state index contributed by atoms with van der Waals surface area (Å²) in [4.78, 5) is 68.5. The van der Waals surface area contributed by atoms with E-state index in [-0.39, 0.29) is 38.5 Å². The lowest BCUT2D eigenvalue weighted by Gasteiger charge is -2.21. The Morgan fingerprint density at radius 1 is 0.208 bits per heavy atom. The number of Topliss-reactive ketones (excluding diaryl/α,β-unsaturated/α-hetero) is 4. The van der Waals surface area contributed by atoms with Crippen LogP contribution in [0.5, 0.6) is 0 Å². The lowest BCUT2D eigenvalue weighted by atomic mass is 9.95. The average Bonchev–Trinajstić information content (AvgIpc) is 1.03. The molecule has 4 unspecified atom stereocenters. The monoisotopic (exact) mass is 1360 g/mol. The Morgan fingerprint density at radius 3 is 0.490 bits per heavy atom. The van der Waals surface area contributed by atoms with Gasteiger partial charge in [-0.25, -0.2) is 0 Å². The number of hydrogen-bond donors (Lipinski definition) is 8. The van der Waals surface area contributed by atoms with Crippen molar-refractivity contribution in [1.29, 1.82) is 0 Å². The molecule has 0 aliphatic carbocycles. The molecule has 0 amide bonds. The van der Waals surface area contributed by atoms with Crippen molar-refractivity contribution in [2.75, 3.05) is 0 Å². The van der Waals surface area contributed by atoms with E-state index in [1.807, 2.05) is 0 Å². The molecule has 0 heterocycles. The SMILES string of the molecule is CCCCCCCC/C=C\CCCCCCCC(=O)C(O)C(O)C(O)C(=O)CCCCCCC/C=C\CCCCCCCC.CCCCCCCC/C=C\CCCCCCCC(=O)C(O)C(O)C(O)C(=O)CCCCCCC/C=C\CCCCCCCC.O=C(O)CCC(=O)O. The molecule has 0 radical (unpaired) electrons. The van der Waals surface area contributed by atoms with Gasteiger partial charge >= 0.3 is 11.9 Å². The van der Waals surface area contributed by atoms with Crippen LogP contribution in [0.1, 0.15) is 400 Å². The second kappa shape index (κ2) is 77.1. The summed E-state index contributed by atoms with van der Waals surface area (Å²) < 4.78 is 0. The summed E-state index contributed by atoms with van der Waals surface area (Å²) in [5.41, 5.74) is 0. The van der Waals surface area contributed by atoms with E-state index in [9.17, 15) is 59.4 Å². The number of unbranched alkanes of at least 4 members (excludes halogenated alkanes) is 44. The van der Waals surface area contributed by atoms with Gasteiger partial charge in [0.1, 0.15) is 36.6 Å². The number of carboxylic acid groups (broad SMARTS) is 2. The Kier molecular flexibility index (Phi) is 77.5. The summed E-state index contributed by atoms with van der Waals surface area (Å²) in [6, 6.07) is 0. The van der Waals surface area contributed by atoms with Crippen molar-refractivity contribution in [3.63, 3.8) is 0 Å². The van der Waals surface area contributed by atoms with Gasteiger partial charge in [0.25, 0.3) is 0 Å². The van der Waals surface area contributed by atoms with Gasteiger partial charge in [0.05, 0.1) is 12.8 Å². The van der Waals surface area contributed by atoms with Gasteiger partial charge in [0.2, 0.25) is 0 Å². The molecule has 0 aromatic carbocycles. The Labute approximate surface area is 587 Å². The Hall–Kier alpha value is -3.66. The molecular formula is C82H150O14. The molecule has 4 atom stereocenters. The Morgan fingerprint density at radius 2 is 0.344 bits per heavy atom. The zero-order valence-electron chi connectivity index (χ0n) is 62.1. The Balaban J connectivity index is -0.00000161. The molecule has 0 fully saturated rings. The number of aliphatic hydroxyl groups is 6. The zero-order valence-corrected chi connectivity index (χ0v) is 62.1. The second-order valence-electron chi connectivity index (χ2n) is 27.3. The van der Waals surface area contributed by atoms with Crippen LogP contribution in [0.3, 0.4) is 0 Å². The minimum Gasteiger partial charge on any atom is -0.481 e. The highest BCUT2D eigenvalue weighted by atomic mass is 16.4. The molecule has 562 valence electrons. The number of ketones is 4. The summed E-state index contributed by atoms with van der Waals surface area (Å²) >= 11 is 0. The van der Waals surface area contributed by atoms with Crippen molar-refractivity contribution in [2.24, 2.45) is 0 Å². The van der Waals surface area contributed by atoms with Crippen LogP contribution in [0.15, 0.2) is 48.6 Å². The van der Waals surface area contributed by atoms with Crippen LogP contribution < -0.4 is 0 Å². The fraction of sp³-hybridized carbons (Fsp3) is 0.829. The quantitative estimate of drug-likeness (QED) is 0.0208. The molecule has 0 bridgehead atoms. The second-order valence-corrected chi connectivity index (χ2v) is 27.3. The van der Waals surface area contributed by atoms with Crippen LogP contribution in [0.25, 0.3) is 0 Å². The Bertz CT molecular complexity index is 1630. The lowest BCUT2D eigenvalue weighted by Crippen LogP contribution is -2.45. The van der Waals surface area contributed by atoms with Crippen LogP contribution in [0.2, 0.25) is 0 Å². The summed E-state index contributed by atoms with van der Waals surface area (Å²) in [7, 11) is 0. The van der Waals surface area contributed by atoms with Crippen molar-refractivity contribution in [1.82, 2.24) is 0 Å². The van der Waals surface area contributed by atoms with Gasteiger partial charge < -0.3 is 40.9 Å². The number of carboxylic acids is 2. The fourth-order valence-electron chi connectivity index (χ4n) is 11.4. The van der Waals surface area contributed by atoms with Crippen LogP contribution in [-0.2, 0) is 28.8 Å². The standard InChI is InChI=1S/2C39H72O5.C4H6O4/c2*1-3-5-7-9-11-13-15-17-19-21-23-25-27-29-31-33-35(40)37(42)39(44)38(43)36(41)34-32-30-28-26-24-22-20-18-16-14-12-10-8-6-4-2;5-3(6)1-2-4(7)8/h2*17-20,37-39,42-44H,3-16,21-34H2,1-2H3;1-2H2,(H,5,6)(H,7,8)/b2*19-17-,20-18-;. The number of allylic oxidation sites excluding steroid dienone is 8. The first-order chi connectivity index (χ1) is 46.5. The predicted octanol–water partition coefficient (Wildman–Crippen LogP) is 20.5. The molecule has 0 aliphatic heterocycles. The summed E-state index contributed by atoms with van der Waals surface area (Å²) in [5, 5.41) is 77.0. The topological polar surface area (TPSA) is 264 Å². The third-order valence-electron chi connectivity index (χ3n) is 17.9. The molecule has 0 saturated heterocycles. The molecule has 0 rings (SSSR count). The fourth-order valence-corrected chi connectivity index (χ4v) is 11.4. The highest BCUT2D eigenvalue weighted by Crippen LogP contribution is 2.19. The molecular weight excluding hydrogens is 1210 g/mol. The molecule has 0 aromatic heterocycles. The summed E-state index contributed by atoms with van der Waals surface area (Å²) in [6.45, 7) is 8.99. The van der Waals surface area contributed by atoms with Crippen molar-refractivity contribution in [3.8, 4) is 0 Å². The summed E-state index contributed by atoms with van der Waals surface area (Å²) in [5.74, 6) is -4.14. The molecule has 0 saturated carbocycles. The first kappa shape index (κ1) is 96.5. The number of rotatable bonds is 71. The van der Waals surface area contributed by atoms with E-state index in [4.69, 9.17) is 10.2 Å². The highest BCUT2D eigenvalue weighted by Gasteiger charge is 2.34. The van der Waals surface area contributed by atoms with Gasteiger partial charge in [-0.15, -0.1) is 0 Å². The largest absolute Gasteiger partial charge is 0.481 e. The molecule has 96 heavy (non-hydrogen) atoms. The van der Waals surface area contributed by atoms with E-state index in [0.29, 0.717) is 25.7 Å². The number of hydrogen-bond acceptors (Lipinski definition) is 12. The van der Waals surface area contributed by atoms with Crippen LogP contribution in [0.4, 0.5) is 0 Å². The van der Waals surface area contributed by atoms with E-state index >= 15 is 0 Å². The maximum Gasteiger partial charge on any atom is 0.303 e. The molecule has 0 spiro atoms. The van der Waals surface area contributed by atoms with Crippen LogP contribution >= 0.6 is 0 Å². The predicted molar refractivity (Wildman–Crippen MR) is 398 cm³/mol. The van der Waals surface area contributed by atoms with Gasteiger partial charge in [-0.1, -0.05) is 282 Å². The molecule has 8 N–H and O–H groups in total. The summed E-state index contributed by atoms with van der Waals surface area (Å²) in [6.07, 6.45) is 68.6. The lowest BCUT2D eigenvalue weighted by molar-refractivity contribution is -0.148. The number of carbonyl (C=O) groups is 6. The average molecular weight is 1360 g/mol.